The van der Waals surface area contributed by atoms with Gasteiger partial charge in [0, 0.05) is 12.2 Å². The lowest BCUT2D eigenvalue weighted by Gasteiger charge is -2.20. The van der Waals surface area contributed by atoms with Gasteiger partial charge >= 0.3 is 0 Å². The summed E-state index contributed by atoms with van der Waals surface area (Å²) in [6, 6.07) is 6.61. The molecular formula is C17H23NO. The zero-order valence-corrected chi connectivity index (χ0v) is 12.2. The summed E-state index contributed by atoms with van der Waals surface area (Å²) in [5.41, 5.74) is 3.38. The summed E-state index contributed by atoms with van der Waals surface area (Å²) in [6.45, 7) is 7.23. The van der Waals surface area contributed by atoms with E-state index in [1.807, 2.05) is 4.90 Å². The summed E-state index contributed by atoms with van der Waals surface area (Å²) in [6.07, 6.45) is 4.82. The van der Waals surface area contributed by atoms with Crippen LogP contribution in [0.15, 0.2) is 18.2 Å². The molecule has 2 aliphatic rings. The second-order valence-corrected chi connectivity index (χ2v) is 6.59. The largest absolute Gasteiger partial charge is 0.311 e. The van der Waals surface area contributed by atoms with Crippen LogP contribution >= 0.6 is 0 Å². The van der Waals surface area contributed by atoms with E-state index in [9.17, 15) is 4.79 Å². The number of hydrogen-bond donors (Lipinski definition) is 0. The molecule has 0 radical (unpaired) electrons. The molecule has 2 heteroatoms. The standard InChI is InChI=1S/C17H23NO/c1-4-5-12-8-9-14-15(10-12)18(11-13-6-7-13)16(19)17(14,2)3/h8-10,13H,4-7,11H2,1-3H3. The summed E-state index contributed by atoms with van der Waals surface area (Å²) in [4.78, 5) is 14.7. The Morgan fingerprint density at radius 1 is 1.32 bits per heavy atom. The Labute approximate surface area is 115 Å². The lowest BCUT2D eigenvalue weighted by Crippen LogP contribution is -2.37. The number of carbonyl (C=O) groups excluding carboxylic acids is 1. The Balaban J connectivity index is 2.00. The van der Waals surface area contributed by atoms with Gasteiger partial charge in [0.05, 0.1) is 5.41 Å². The molecule has 1 fully saturated rings. The minimum atomic E-state index is -0.352. The lowest BCUT2D eigenvalue weighted by molar-refractivity contribution is -0.122. The predicted molar refractivity (Wildman–Crippen MR) is 78.5 cm³/mol. The maximum absolute atomic E-state index is 12.6. The molecule has 0 spiro atoms. The molecule has 1 aliphatic heterocycles. The van der Waals surface area contributed by atoms with Gasteiger partial charge in [-0.05, 0) is 56.2 Å². The minimum Gasteiger partial charge on any atom is -0.311 e. The van der Waals surface area contributed by atoms with Crippen LogP contribution in [-0.2, 0) is 16.6 Å². The number of rotatable bonds is 4. The van der Waals surface area contributed by atoms with Crippen molar-refractivity contribution < 1.29 is 4.79 Å². The van der Waals surface area contributed by atoms with Gasteiger partial charge in [0.1, 0.15) is 0 Å². The van der Waals surface area contributed by atoms with Crippen molar-refractivity contribution in [3.8, 4) is 0 Å². The molecule has 0 bridgehead atoms. The van der Waals surface area contributed by atoms with Crippen molar-refractivity contribution in [2.24, 2.45) is 5.92 Å². The zero-order chi connectivity index (χ0) is 13.6. The Morgan fingerprint density at radius 3 is 2.68 bits per heavy atom. The van der Waals surface area contributed by atoms with Gasteiger partial charge in [0.25, 0.3) is 0 Å². The highest BCUT2D eigenvalue weighted by Crippen LogP contribution is 2.44. The number of aryl methyl sites for hydroxylation is 1. The van der Waals surface area contributed by atoms with Crippen LogP contribution in [0, 0.1) is 5.92 Å². The summed E-state index contributed by atoms with van der Waals surface area (Å²) in [7, 11) is 0. The molecule has 102 valence electrons. The molecule has 0 saturated heterocycles. The van der Waals surface area contributed by atoms with Gasteiger partial charge in [-0.25, -0.2) is 0 Å². The quantitative estimate of drug-likeness (QED) is 0.806. The van der Waals surface area contributed by atoms with Gasteiger partial charge in [-0.2, -0.15) is 0 Å². The highest BCUT2D eigenvalue weighted by atomic mass is 16.2. The van der Waals surface area contributed by atoms with Crippen molar-refractivity contribution in [1.29, 1.82) is 0 Å². The smallest absolute Gasteiger partial charge is 0.237 e. The van der Waals surface area contributed by atoms with Crippen LogP contribution in [0.2, 0.25) is 0 Å². The second-order valence-electron chi connectivity index (χ2n) is 6.59. The van der Waals surface area contributed by atoms with Crippen molar-refractivity contribution in [1.82, 2.24) is 0 Å². The highest BCUT2D eigenvalue weighted by molar-refractivity contribution is 6.07. The zero-order valence-electron chi connectivity index (χ0n) is 12.2. The number of carbonyl (C=O) groups is 1. The monoisotopic (exact) mass is 257 g/mol. The third kappa shape index (κ3) is 2.07. The van der Waals surface area contributed by atoms with E-state index >= 15 is 0 Å². The molecular weight excluding hydrogens is 234 g/mol. The fourth-order valence-corrected chi connectivity index (χ4v) is 3.08. The van der Waals surface area contributed by atoms with E-state index in [0.29, 0.717) is 0 Å². The van der Waals surface area contributed by atoms with E-state index in [1.165, 1.54) is 29.7 Å². The van der Waals surface area contributed by atoms with Crippen molar-refractivity contribution >= 4 is 11.6 Å². The molecule has 19 heavy (non-hydrogen) atoms. The first-order valence-electron chi connectivity index (χ1n) is 7.49. The molecule has 1 aliphatic carbocycles. The third-order valence-electron chi connectivity index (χ3n) is 4.48. The predicted octanol–water partition coefficient (Wildman–Crippen LogP) is 3.67. The molecule has 0 atom stereocenters. The van der Waals surface area contributed by atoms with E-state index in [1.54, 1.807) is 0 Å². The number of anilines is 1. The van der Waals surface area contributed by atoms with Crippen molar-refractivity contribution in [2.75, 3.05) is 11.4 Å². The summed E-state index contributed by atoms with van der Waals surface area (Å²) in [5, 5.41) is 0. The van der Waals surface area contributed by atoms with E-state index in [0.717, 1.165) is 25.3 Å². The number of nitrogens with zero attached hydrogens (tertiary/aromatic N) is 1. The van der Waals surface area contributed by atoms with Crippen molar-refractivity contribution in [2.45, 2.75) is 51.9 Å². The van der Waals surface area contributed by atoms with E-state index in [4.69, 9.17) is 0 Å². The van der Waals surface area contributed by atoms with Gasteiger partial charge < -0.3 is 4.90 Å². The Hall–Kier alpha value is -1.31. The van der Waals surface area contributed by atoms with Gasteiger partial charge in [-0.1, -0.05) is 25.5 Å². The number of fused-ring (bicyclic) bond motifs is 1. The molecule has 3 rings (SSSR count). The van der Waals surface area contributed by atoms with Crippen LogP contribution in [0.1, 0.15) is 51.2 Å². The van der Waals surface area contributed by atoms with Crippen molar-refractivity contribution in [3.05, 3.63) is 29.3 Å². The Morgan fingerprint density at radius 2 is 2.05 bits per heavy atom. The van der Waals surface area contributed by atoms with Crippen LogP contribution in [0.3, 0.4) is 0 Å². The summed E-state index contributed by atoms with van der Waals surface area (Å²) >= 11 is 0. The van der Waals surface area contributed by atoms with E-state index in [-0.39, 0.29) is 11.3 Å². The van der Waals surface area contributed by atoms with Gasteiger partial charge in [0.2, 0.25) is 5.91 Å². The normalized spacial score (nSPS) is 20.8. The van der Waals surface area contributed by atoms with Crippen LogP contribution in [0.5, 0.6) is 0 Å². The lowest BCUT2D eigenvalue weighted by atomic mass is 9.85. The van der Waals surface area contributed by atoms with Crippen molar-refractivity contribution in [3.63, 3.8) is 0 Å². The van der Waals surface area contributed by atoms with Crippen LogP contribution in [-0.4, -0.2) is 12.5 Å². The first kappa shape index (κ1) is 12.7. The number of amides is 1. The fraction of sp³-hybridized carbons (Fsp3) is 0.588. The molecule has 1 aromatic carbocycles. The van der Waals surface area contributed by atoms with Gasteiger partial charge in [0.15, 0.2) is 0 Å². The van der Waals surface area contributed by atoms with E-state index < -0.39 is 0 Å². The van der Waals surface area contributed by atoms with Gasteiger partial charge in [-0.3, -0.25) is 4.79 Å². The summed E-state index contributed by atoms with van der Waals surface area (Å²) in [5.74, 6) is 1.02. The Kier molecular flexibility index (Phi) is 2.92. The molecule has 0 aromatic heterocycles. The first-order chi connectivity index (χ1) is 9.04. The fourth-order valence-electron chi connectivity index (χ4n) is 3.08. The SMILES string of the molecule is CCCc1ccc2c(c1)N(CC1CC1)C(=O)C2(C)C. The number of benzene rings is 1. The number of hydrogen-bond acceptors (Lipinski definition) is 1. The second kappa shape index (κ2) is 4.36. The van der Waals surface area contributed by atoms with Gasteiger partial charge in [-0.15, -0.1) is 0 Å². The molecule has 0 N–H and O–H groups in total. The highest BCUT2D eigenvalue weighted by Gasteiger charge is 2.45. The van der Waals surface area contributed by atoms with E-state index in [2.05, 4.69) is 39.0 Å². The molecule has 1 heterocycles. The first-order valence-corrected chi connectivity index (χ1v) is 7.49. The average molecular weight is 257 g/mol. The molecule has 2 nitrogen and oxygen atoms in total. The Bertz CT molecular complexity index is 514. The minimum absolute atomic E-state index is 0.281. The molecule has 1 aromatic rings. The summed E-state index contributed by atoms with van der Waals surface area (Å²) < 4.78 is 0. The van der Waals surface area contributed by atoms with Crippen LogP contribution in [0.25, 0.3) is 0 Å². The molecule has 0 unspecified atom stereocenters. The van der Waals surface area contributed by atoms with Crippen LogP contribution in [0.4, 0.5) is 5.69 Å². The molecule has 1 saturated carbocycles. The third-order valence-corrected chi connectivity index (χ3v) is 4.48. The van der Waals surface area contributed by atoms with Crippen LogP contribution < -0.4 is 4.90 Å². The average Bonchev–Trinajstić information content (AvgIpc) is 3.16. The molecule has 1 amide bonds. The maximum Gasteiger partial charge on any atom is 0.237 e. The topological polar surface area (TPSA) is 20.3 Å². The maximum atomic E-state index is 12.6.